The number of carbonyl (C=O) groups is 4. The Morgan fingerprint density at radius 3 is 1.37 bits per heavy atom. The normalized spacial score (nSPS) is 16.4. The zero-order valence-corrected chi connectivity index (χ0v) is 24.1. The summed E-state index contributed by atoms with van der Waals surface area (Å²) in [6, 6.07) is 25.4. The van der Waals surface area contributed by atoms with E-state index in [1.165, 1.54) is 0 Å². The van der Waals surface area contributed by atoms with Gasteiger partial charge < -0.3 is 9.47 Å². The van der Waals surface area contributed by atoms with Gasteiger partial charge in [-0.1, -0.05) is 30.7 Å². The lowest BCUT2D eigenvalue weighted by Crippen LogP contribution is -2.99. The second-order valence-electron chi connectivity index (χ2n) is 10.9. The molecule has 4 aromatic rings. The molecule has 0 saturated heterocycles. The smallest absolute Gasteiger partial charge is 0.311 e. The maximum Gasteiger partial charge on any atom is 0.311 e. The van der Waals surface area contributed by atoms with E-state index in [2.05, 4.69) is 0 Å². The van der Waals surface area contributed by atoms with Crippen LogP contribution < -0.4 is 19.3 Å². The lowest BCUT2D eigenvalue weighted by Gasteiger charge is -2.23. The molecule has 0 radical (unpaired) electrons. The van der Waals surface area contributed by atoms with Crippen molar-refractivity contribution in [2.75, 3.05) is 14.1 Å². The van der Waals surface area contributed by atoms with E-state index in [1.54, 1.807) is 24.3 Å². The van der Waals surface area contributed by atoms with Crippen molar-refractivity contribution in [3.63, 3.8) is 0 Å². The largest absolute Gasteiger partial charge is 0.426 e. The first-order valence-electron chi connectivity index (χ1n) is 14.5. The summed E-state index contributed by atoms with van der Waals surface area (Å²) in [7, 11) is 3.97. The molecule has 0 amide bonds. The van der Waals surface area contributed by atoms with Gasteiger partial charge in [-0.25, -0.2) is 0 Å². The molecule has 43 heavy (non-hydrogen) atoms. The van der Waals surface area contributed by atoms with Gasteiger partial charge in [-0.3, -0.25) is 29.0 Å². The first-order chi connectivity index (χ1) is 20.8. The predicted molar refractivity (Wildman–Crippen MR) is 159 cm³/mol. The van der Waals surface area contributed by atoms with Gasteiger partial charge in [0.2, 0.25) is 11.6 Å². The molecule has 216 valence electrons. The highest BCUT2D eigenvalue weighted by Crippen LogP contribution is 2.31. The molecule has 8 nitrogen and oxygen atoms in total. The molecule has 0 aliphatic carbocycles. The average molecular weight is 577 g/mol. The van der Waals surface area contributed by atoms with Crippen LogP contribution in [0.5, 0.6) is 11.5 Å². The topological polar surface area (TPSA) is 95.6 Å². The van der Waals surface area contributed by atoms with Crippen molar-refractivity contribution < 1.29 is 38.5 Å². The minimum atomic E-state index is -0.390. The van der Waals surface area contributed by atoms with Crippen LogP contribution in [-0.4, -0.2) is 37.6 Å². The zero-order valence-electron chi connectivity index (χ0n) is 24.1. The number of esters is 2. The van der Waals surface area contributed by atoms with Gasteiger partial charge in [-0.2, -0.15) is 0 Å². The van der Waals surface area contributed by atoms with E-state index in [0.717, 1.165) is 32.5 Å². The van der Waals surface area contributed by atoms with Crippen LogP contribution in [0, 0.1) is 0 Å². The molecular weight excluding hydrogens is 544 g/mol. The Bertz CT molecular complexity index is 1650. The van der Waals surface area contributed by atoms with Crippen molar-refractivity contribution in [2.45, 2.75) is 32.1 Å². The fraction of sp³-hybridized carbons (Fsp3) is 0.200. The minimum Gasteiger partial charge on any atom is -0.426 e. The van der Waals surface area contributed by atoms with Gasteiger partial charge in [0.05, 0.1) is 36.3 Å². The van der Waals surface area contributed by atoms with Crippen LogP contribution in [0.1, 0.15) is 63.9 Å². The Labute approximate surface area is 249 Å². The number of nitrogens with one attached hydrogen (secondary N) is 2. The molecule has 6 rings (SSSR count). The van der Waals surface area contributed by atoms with Crippen molar-refractivity contribution in [3.8, 4) is 11.5 Å². The summed E-state index contributed by atoms with van der Waals surface area (Å²) in [5.41, 5.74) is 5.88. The molecule has 2 heterocycles. The number of unbranched alkanes of at least 4 members (excludes halogenated alkanes) is 2. The minimum absolute atomic E-state index is 0.0817. The first-order valence-corrected chi connectivity index (χ1v) is 14.5. The first kappa shape index (κ1) is 28.2. The van der Waals surface area contributed by atoms with E-state index < -0.39 is 0 Å². The van der Waals surface area contributed by atoms with Crippen molar-refractivity contribution in [1.82, 2.24) is 0 Å². The Morgan fingerprint density at radius 1 is 0.535 bits per heavy atom. The maximum absolute atomic E-state index is 13.0. The van der Waals surface area contributed by atoms with Crippen LogP contribution >= 0.6 is 0 Å². The number of rotatable bonds is 8. The molecule has 0 saturated carbocycles. The van der Waals surface area contributed by atoms with E-state index in [4.69, 9.17) is 9.47 Å². The number of hydrogen-bond donors (Lipinski definition) is 2. The fourth-order valence-corrected chi connectivity index (χ4v) is 5.88. The number of hydrogen-bond acceptors (Lipinski definition) is 6. The third kappa shape index (κ3) is 5.50. The van der Waals surface area contributed by atoms with Crippen LogP contribution in [0.25, 0.3) is 0 Å². The van der Waals surface area contributed by atoms with Gasteiger partial charge in [0.1, 0.15) is 34.2 Å². The number of para-hydroxylation sites is 2. The second-order valence-corrected chi connectivity index (χ2v) is 10.9. The molecule has 0 bridgehead atoms. The van der Waals surface area contributed by atoms with Gasteiger partial charge in [-0.15, -0.1) is 0 Å². The third-order valence-electron chi connectivity index (χ3n) is 8.16. The summed E-state index contributed by atoms with van der Waals surface area (Å²) >= 11 is 0. The Balaban J connectivity index is 0.965. The van der Waals surface area contributed by atoms with Crippen molar-refractivity contribution >= 4 is 46.3 Å². The zero-order chi connectivity index (χ0) is 30.1. The lowest BCUT2D eigenvalue weighted by molar-refractivity contribution is -0.736. The van der Waals surface area contributed by atoms with Crippen LogP contribution in [0.15, 0.2) is 84.9 Å². The number of benzene rings is 4. The van der Waals surface area contributed by atoms with E-state index in [9.17, 15) is 19.2 Å². The molecule has 2 N–H and O–H groups in total. The van der Waals surface area contributed by atoms with E-state index >= 15 is 0 Å². The Hall–Kier alpha value is -4.92. The predicted octanol–water partition coefficient (Wildman–Crippen LogP) is 4.19. The SMILES string of the molecule is C[NH+]1c2ccccc2C(=O)c2cc(OC(=O)CCCCCC(=O)Oc3ccc4c(c3)C(=O)c3ccccc3[NH+]4C)ccc21. The summed E-state index contributed by atoms with van der Waals surface area (Å²) < 4.78 is 11.0. The average Bonchev–Trinajstić information content (AvgIpc) is 3.02. The van der Waals surface area contributed by atoms with Crippen LogP contribution in [0.2, 0.25) is 0 Å². The molecule has 8 heteroatoms. The molecule has 4 aromatic carbocycles. The molecule has 2 aliphatic rings. The number of ether oxygens (including phenoxy) is 2. The number of quaternary nitrogens is 2. The molecule has 0 fully saturated rings. The van der Waals surface area contributed by atoms with Crippen LogP contribution in [-0.2, 0) is 9.59 Å². The van der Waals surface area contributed by atoms with Gasteiger partial charge in [-0.05, 0) is 49.2 Å². The van der Waals surface area contributed by atoms with E-state index in [-0.39, 0.29) is 36.3 Å². The number of ketones is 2. The summed E-state index contributed by atoms with van der Waals surface area (Å²) in [4.78, 5) is 53.0. The molecule has 2 atom stereocenters. The van der Waals surface area contributed by atoms with Crippen molar-refractivity contribution in [1.29, 1.82) is 0 Å². The maximum atomic E-state index is 13.0. The lowest BCUT2D eigenvalue weighted by atomic mass is 9.94. The van der Waals surface area contributed by atoms with E-state index in [1.807, 2.05) is 74.8 Å². The molecule has 2 unspecified atom stereocenters. The van der Waals surface area contributed by atoms with Crippen LogP contribution in [0.3, 0.4) is 0 Å². The van der Waals surface area contributed by atoms with Gasteiger partial charge in [0.25, 0.3) is 0 Å². The van der Waals surface area contributed by atoms with Crippen molar-refractivity contribution in [2.24, 2.45) is 0 Å². The molecule has 0 aromatic heterocycles. The highest BCUT2D eigenvalue weighted by atomic mass is 16.5. The molecular formula is C35H32N2O6+2. The fourth-order valence-electron chi connectivity index (χ4n) is 5.88. The van der Waals surface area contributed by atoms with Crippen molar-refractivity contribution in [3.05, 3.63) is 107 Å². The monoisotopic (exact) mass is 576 g/mol. The van der Waals surface area contributed by atoms with Gasteiger partial charge >= 0.3 is 11.9 Å². The van der Waals surface area contributed by atoms with E-state index in [0.29, 0.717) is 53.0 Å². The van der Waals surface area contributed by atoms with Gasteiger partial charge in [0, 0.05) is 37.1 Å². The third-order valence-corrected chi connectivity index (χ3v) is 8.16. The number of carbonyl (C=O) groups excluding carboxylic acids is 4. The quantitative estimate of drug-likeness (QED) is 0.186. The van der Waals surface area contributed by atoms with Gasteiger partial charge in [0.15, 0.2) is 0 Å². The summed E-state index contributed by atoms with van der Waals surface area (Å²) in [5.74, 6) is -0.262. The Kier molecular flexibility index (Phi) is 7.71. The second kappa shape index (κ2) is 11.8. The highest BCUT2D eigenvalue weighted by Gasteiger charge is 2.33. The molecule has 2 aliphatic heterocycles. The molecule has 0 spiro atoms. The Morgan fingerprint density at radius 2 is 0.930 bits per heavy atom. The standard InChI is InChI=1S/C35H30N2O6/c1-36-28-12-8-6-10-24(28)34(40)26-20-22(16-18-30(26)36)42-32(38)14-4-3-5-15-33(39)43-23-17-19-31-27(21-23)35(41)25-11-7-9-13-29(25)37(31)2/h6-13,16-21H,3-5,14-15H2,1-2H3/p+2. The summed E-state index contributed by atoms with van der Waals surface area (Å²) in [6.45, 7) is 0. The summed E-state index contributed by atoms with van der Waals surface area (Å²) in [5, 5.41) is 0. The highest BCUT2D eigenvalue weighted by molar-refractivity contribution is 6.16. The number of fused-ring (bicyclic) bond motifs is 4. The van der Waals surface area contributed by atoms with Crippen LogP contribution in [0.4, 0.5) is 22.7 Å². The summed E-state index contributed by atoms with van der Waals surface area (Å²) in [6.07, 6.45) is 2.14.